The maximum Gasteiger partial charge on any atom is 0.219 e. The van der Waals surface area contributed by atoms with Crippen LogP contribution < -0.4 is 4.74 Å². The van der Waals surface area contributed by atoms with E-state index in [0.29, 0.717) is 12.5 Å². The molecule has 0 bridgehead atoms. The minimum atomic E-state index is 0.483. The van der Waals surface area contributed by atoms with E-state index in [9.17, 15) is 0 Å². The first-order valence-electron chi connectivity index (χ1n) is 3.77. The average Bonchev–Trinajstić information content (AvgIpc) is 2.08. The van der Waals surface area contributed by atoms with Gasteiger partial charge in [0.05, 0.1) is 0 Å². The standard InChI is InChI=1S/C9H12N2O/c1-4-5-12-9-7(2)8(3)10-6-11-9/h4,6H,1,5H2,2-3H3. The van der Waals surface area contributed by atoms with Crippen molar-refractivity contribution in [1.29, 1.82) is 0 Å². The molecular formula is C9H12N2O. The number of hydrogen-bond donors (Lipinski definition) is 0. The summed E-state index contributed by atoms with van der Waals surface area (Å²) in [6.07, 6.45) is 3.19. The molecule has 1 aromatic heterocycles. The molecule has 12 heavy (non-hydrogen) atoms. The lowest BCUT2D eigenvalue weighted by Crippen LogP contribution is -2.00. The lowest BCUT2D eigenvalue weighted by atomic mass is 10.3. The second kappa shape index (κ2) is 3.85. The lowest BCUT2D eigenvalue weighted by molar-refractivity contribution is 0.344. The van der Waals surface area contributed by atoms with Gasteiger partial charge in [0.2, 0.25) is 5.88 Å². The van der Waals surface area contributed by atoms with E-state index in [4.69, 9.17) is 4.74 Å². The molecule has 0 saturated carbocycles. The second-order valence-electron chi connectivity index (χ2n) is 2.49. The SMILES string of the molecule is C=CCOc1ncnc(C)c1C. The van der Waals surface area contributed by atoms with Crippen LogP contribution in [0.4, 0.5) is 0 Å². The van der Waals surface area contributed by atoms with Crippen molar-refractivity contribution in [2.45, 2.75) is 13.8 Å². The topological polar surface area (TPSA) is 35.0 Å². The van der Waals surface area contributed by atoms with Crippen molar-refractivity contribution in [2.75, 3.05) is 6.61 Å². The van der Waals surface area contributed by atoms with Crippen molar-refractivity contribution >= 4 is 0 Å². The summed E-state index contributed by atoms with van der Waals surface area (Å²) in [5.74, 6) is 0.641. The Balaban J connectivity index is 2.84. The highest BCUT2D eigenvalue weighted by molar-refractivity contribution is 5.26. The first-order valence-corrected chi connectivity index (χ1v) is 3.77. The Morgan fingerprint density at radius 3 is 2.92 bits per heavy atom. The van der Waals surface area contributed by atoms with Crippen LogP contribution in [-0.2, 0) is 0 Å². The summed E-state index contributed by atoms with van der Waals surface area (Å²) >= 11 is 0. The molecule has 3 nitrogen and oxygen atoms in total. The van der Waals surface area contributed by atoms with Gasteiger partial charge in [-0.15, -0.1) is 0 Å². The van der Waals surface area contributed by atoms with Crippen LogP contribution in [0.15, 0.2) is 19.0 Å². The summed E-state index contributed by atoms with van der Waals surface area (Å²) in [5, 5.41) is 0. The second-order valence-corrected chi connectivity index (χ2v) is 2.49. The molecule has 0 amide bonds. The van der Waals surface area contributed by atoms with Crippen molar-refractivity contribution < 1.29 is 4.74 Å². The molecule has 0 saturated heterocycles. The summed E-state index contributed by atoms with van der Waals surface area (Å²) in [7, 11) is 0. The first-order chi connectivity index (χ1) is 5.75. The minimum Gasteiger partial charge on any atom is -0.473 e. The molecule has 0 aliphatic heterocycles. The predicted octanol–water partition coefficient (Wildman–Crippen LogP) is 1.66. The third-order valence-corrected chi connectivity index (χ3v) is 1.63. The number of rotatable bonds is 3. The van der Waals surface area contributed by atoms with E-state index in [1.54, 1.807) is 6.08 Å². The van der Waals surface area contributed by atoms with E-state index >= 15 is 0 Å². The van der Waals surface area contributed by atoms with E-state index < -0.39 is 0 Å². The molecule has 1 heterocycles. The van der Waals surface area contributed by atoms with Gasteiger partial charge in [0, 0.05) is 11.3 Å². The van der Waals surface area contributed by atoms with Crippen LogP contribution in [0, 0.1) is 13.8 Å². The van der Waals surface area contributed by atoms with Crippen LogP contribution in [0.3, 0.4) is 0 Å². The number of aryl methyl sites for hydroxylation is 1. The Bertz CT molecular complexity index is 284. The molecule has 0 atom stereocenters. The summed E-state index contributed by atoms with van der Waals surface area (Å²) < 4.78 is 5.30. The third kappa shape index (κ3) is 1.81. The number of nitrogens with zero attached hydrogens (tertiary/aromatic N) is 2. The molecule has 1 rings (SSSR count). The van der Waals surface area contributed by atoms with Gasteiger partial charge in [0.25, 0.3) is 0 Å². The smallest absolute Gasteiger partial charge is 0.219 e. The lowest BCUT2D eigenvalue weighted by Gasteiger charge is -2.05. The Labute approximate surface area is 72.1 Å². The predicted molar refractivity (Wildman–Crippen MR) is 47.2 cm³/mol. The number of ether oxygens (including phenoxy) is 1. The quantitative estimate of drug-likeness (QED) is 0.637. The summed E-state index contributed by atoms with van der Waals surface area (Å²) in [5.41, 5.74) is 1.93. The Morgan fingerprint density at radius 1 is 1.50 bits per heavy atom. The fraction of sp³-hybridized carbons (Fsp3) is 0.333. The molecule has 0 aliphatic carbocycles. The Morgan fingerprint density at radius 2 is 2.25 bits per heavy atom. The molecule has 0 fully saturated rings. The van der Waals surface area contributed by atoms with Gasteiger partial charge in [-0.25, -0.2) is 9.97 Å². The van der Waals surface area contributed by atoms with Crippen LogP contribution in [0.25, 0.3) is 0 Å². The van der Waals surface area contributed by atoms with E-state index in [2.05, 4.69) is 16.5 Å². The van der Waals surface area contributed by atoms with Crippen LogP contribution in [0.1, 0.15) is 11.3 Å². The highest BCUT2D eigenvalue weighted by atomic mass is 16.5. The Kier molecular flexibility index (Phi) is 2.80. The maximum absolute atomic E-state index is 5.30. The monoisotopic (exact) mass is 164 g/mol. The molecule has 0 N–H and O–H groups in total. The van der Waals surface area contributed by atoms with Gasteiger partial charge in [0.15, 0.2) is 0 Å². The third-order valence-electron chi connectivity index (χ3n) is 1.63. The van der Waals surface area contributed by atoms with Crippen LogP contribution >= 0.6 is 0 Å². The molecule has 1 aromatic rings. The first kappa shape index (κ1) is 8.71. The van der Waals surface area contributed by atoms with Crippen molar-refractivity contribution in [3.05, 3.63) is 30.2 Å². The molecule has 0 aromatic carbocycles. The maximum atomic E-state index is 5.30. The molecule has 0 unspecified atom stereocenters. The van der Waals surface area contributed by atoms with Gasteiger partial charge in [-0.3, -0.25) is 0 Å². The van der Waals surface area contributed by atoms with Crippen LogP contribution in [-0.4, -0.2) is 16.6 Å². The largest absolute Gasteiger partial charge is 0.473 e. The molecule has 0 spiro atoms. The minimum absolute atomic E-state index is 0.483. The van der Waals surface area contributed by atoms with Crippen molar-refractivity contribution in [3.8, 4) is 5.88 Å². The highest BCUT2D eigenvalue weighted by Crippen LogP contribution is 2.14. The van der Waals surface area contributed by atoms with E-state index in [1.165, 1.54) is 6.33 Å². The molecule has 3 heteroatoms. The normalized spacial score (nSPS) is 9.50. The van der Waals surface area contributed by atoms with Gasteiger partial charge in [-0.05, 0) is 13.8 Å². The molecule has 64 valence electrons. The van der Waals surface area contributed by atoms with Gasteiger partial charge >= 0.3 is 0 Å². The fourth-order valence-electron chi connectivity index (χ4n) is 0.800. The van der Waals surface area contributed by atoms with Crippen molar-refractivity contribution in [2.24, 2.45) is 0 Å². The van der Waals surface area contributed by atoms with Gasteiger partial charge in [-0.1, -0.05) is 12.7 Å². The van der Waals surface area contributed by atoms with E-state index in [1.807, 2.05) is 13.8 Å². The number of hydrogen-bond acceptors (Lipinski definition) is 3. The van der Waals surface area contributed by atoms with E-state index in [-0.39, 0.29) is 0 Å². The average molecular weight is 164 g/mol. The van der Waals surface area contributed by atoms with Crippen LogP contribution in [0.5, 0.6) is 5.88 Å². The zero-order valence-corrected chi connectivity index (χ0v) is 7.37. The molecule has 0 aliphatic rings. The molecule has 0 radical (unpaired) electrons. The van der Waals surface area contributed by atoms with Gasteiger partial charge in [-0.2, -0.15) is 0 Å². The molecular weight excluding hydrogens is 152 g/mol. The van der Waals surface area contributed by atoms with Gasteiger partial charge < -0.3 is 4.74 Å². The van der Waals surface area contributed by atoms with Crippen LogP contribution in [0.2, 0.25) is 0 Å². The Hall–Kier alpha value is -1.38. The van der Waals surface area contributed by atoms with Crippen molar-refractivity contribution in [1.82, 2.24) is 9.97 Å². The summed E-state index contributed by atoms with van der Waals surface area (Å²) in [6.45, 7) is 7.91. The highest BCUT2D eigenvalue weighted by Gasteiger charge is 2.02. The van der Waals surface area contributed by atoms with E-state index in [0.717, 1.165) is 11.3 Å². The fourth-order valence-corrected chi connectivity index (χ4v) is 0.800. The van der Waals surface area contributed by atoms with Crippen molar-refractivity contribution in [3.63, 3.8) is 0 Å². The zero-order valence-electron chi connectivity index (χ0n) is 7.37. The summed E-state index contributed by atoms with van der Waals surface area (Å²) in [6, 6.07) is 0. The number of aromatic nitrogens is 2. The van der Waals surface area contributed by atoms with Gasteiger partial charge in [0.1, 0.15) is 12.9 Å². The zero-order chi connectivity index (χ0) is 8.97. The summed E-state index contributed by atoms with van der Waals surface area (Å²) in [4.78, 5) is 8.03.